The zero-order valence-electron chi connectivity index (χ0n) is 13.0. The third kappa shape index (κ3) is 3.30. The lowest BCUT2D eigenvalue weighted by molar-refractivity contribution is -0.385. The zero-order valence-corrected chi connectivity index (χ0v) is 13.0. The monoisotopic (exact) mass is 323 g/mol. The Morgan fingerprint density at radius 3 is 2.57 bits per heavy atom. The van der Waals surface area contributed by atoms with Gasteiger partial charge >= 0.3 is 0 Å². The minimum Gasteiger partial charge on any atom is -0.505 e. The SMILES string of the molecule is O=[N+]([O-])c1cc(F)c(O)c([C@@H](C2CCCC2)N2CCNCC2)c1. The third-order valence-corrected chi connectivity index (χ3v) is 5.00. The molecule has 2 fully saturated rings. The maximum atomic E-state index is 14.0. The minimum absolute atomic E-state index is 0.158. The van der Waals surface area contributed by atoms with Crippen LogP contribution in [0, 0.1) is 21.8 Å². The highest BCUT2D eigenvalue weighted by atomic mass is 19.1. The van der Waals surface area contributed by atoms with Crippen molar-refractivity contribution in [1.29, 1.82) is 0 Å². The molecule has 1 aromatic rings. The van der Waals surface area contributed by atoms with Crippen LogP contribution in [0.3, 0.4) is 0 Å². The van der Waals surface area contributed by atoms with Gasteiger partial charge in [0, 0.05) is 43.9 Å². The van der Waals surface area contributed by atoms with Crippen LogP contribution < -0.4 is 5.32 Å². The number of rotatable bonds is 4. The summed E-state index contributed by atoms with van der Waals surface area (Å²) < 4.78 is 14.0. The molecule has 3 rings (SSSR count). The van der Waals surface area contributed by atoms with Gasteiger partial charge in [0.2, 0.25) is 0 Å². The zero-order chi connectivity index (χ0) is 16.4. The van der Waals surface area contributed by atoms with Gasteiger partial charge in [-0.1, -0.05) is 12.8 Å². The van der Waals surface area contributed by atoms with Gasteiger partial charge in [-0.2, -0.15) is 0 Å². The highest BCUT2D eigenvalue weighted by Crippen LogP contribution is 2.44. The second kappa shape index (κ2) is 6.80. The maximum Gasteiger partial charge on any atom is 0.272 e. The Morgan fingerprint density at radius 1 is 1.30 bits per heavy atom. The lowest BCUT2D eigenvalue weighted by Gasteiger charge is -2.38. The van der Waals surface area contributed by atoms with Gasteiger partial charge in [-0.15, -0.1) is 0 Å². The van der Waals surface area contributed by atoms with E-state index in [2.05, 4.69) is 10.2 Å². The summed E-state index contributed by atoms with van der Waals surface area (Å²) in [6.45, 7) is 3.26. The van der Waals surface area contributed by atoms with Crippen molar-refractivity contribution < 1.29 is 14.4 Å². The molecule has 6 nitrogen and oxygen atoms in total. The molecule has 126 valence electrons. The standard InChI is InChI=1S/C16H22FN3O3/c17-14-10-12(20(22)23)9-13(16(14)21)15(11-3-1-2-4-11)19-7-5-18-6-8-19/h9-11,15,18,21H,1-8H2/t15-/m1/s1. The van der Waals surface area contributed by atoms with Gasteiger partial charge < -0.3 is 10.4 Å². The van der Waals surface area contributed by atoms with Crippen LogP contribution in [0.15, 0.2) is 12.1 Å². The molecular formula is C16H22FN3O3. The Hall–Kier alpha value is -1.73. The molecule has 0 bridgehead atoms. The molecule has 1 aliphatic heterocycles. The van der Waals surface area contributed by atoms with Crippen LogP contribution in [0.4, 0.5) is 10.1 Å². The van der Waals surface area contributed by atoms with E-state index in [-0.39, 0.29) is 11.7 Å². The lowest BCUT2D eigenvalue weighted by atomic mass is 9.88. The van der Waals surface area contributed by atoms with E-state index in [1.807, 2.05) is 0 Å². The van der Waals surface area contributed by atoms with Gasteiger partial charge in [0.05, 0.1) is 11.0 Å². The molecule has 1 saturated carbocycles. The van der Waals surface area contributed by atoms with Crippen LogP contribution in [0.1, 0.15) is 37.3 Å². The van der Waals surface area contributed by atoms with Crippen molar-refractivity contribution in [3.05, 3.63) is 33.6 Å². The highest BCUT2D eigenvalue weighted by molar-refractivity contribution is 5.46. The molecule has 1 saturated heterocycles. The number of nitrogens with zero attached hydrogens (tertiary/aromatic N) is 2. The van der Waals surface area contributed by atoms with Crippen LogP contribution >= 0.6 is 0 Å². The fourth-order valence-corrected chi connectivity index (χ4v) is 3.92. The summed E-state index contributed by atoms with van der Waals surface area (Å²) in [6.07, 6.45) is 4.26. The number of phenols is 1. The van der Waals surface area contributed by atoms with Gasteiger partial charge in [-0.05, 0) is 18.8 Å². The average Bonchev–Trinajstić information content (AvgIpc) is 3.06. The van der Waals surface area contributed by atoms with Crippen molar-refractivity contribution >= 4 is 5.69 Å². The molecule has 0 aromatic heterocycles. The van der Waals surface area contributed by atoms with E-state index < -0.39 is 16.5 Å². The molecule has 1 aromatic carbocycles. The third-order valence-electron chi connectivity index (χ3n) is 5.00. The summed E-state index contributed by atoms with van der Waals surface area (Å²) in [4.78, 5) is 12.7. The first-order valence-electron chi connectivity index (χ1n) is 8.19. The van der Waals surface area contributed by atoms with Crippen molar-refractivity contribution in [3.8, 4) is 5.75 Å². The van der Waals surface area contributed by atoms with Gasteiger partial charge in [-0.3, -0.25) is 15.0 Å². The molecule has 2 aliphatic rings. The van der Waals surface area contributed by atoms with Gasteiger partial charge in [0.25, 0.3) is 5.69 Å². The highest BCUT2D eigenvalue weighted by Gasteiger charge is 2.35. The Bertz CT molecular complexity index is 584. The number of nitrogens with one attached hydrogen (secondary N) is 1. The van der Waals surface area contributed by atoms with E-state index in [0.29, 0.717) is 11.5 Å². The predicted octanol–water partition coefficient (Wildman–Crippen LogP) is 2.58. The fraction of sp³-hybridized carbons (Fsp3) is 0.625. The van der Waals surface area contributed by atoms with Gasteiger partial charge in [0.1, 0.15) is 0 Å². The van der Waals surface area contributed by atoms with E-state index in [9.17, 15) is 19.6 Å². The van der Waals surface area contributed by atoms with Crippen molar-refractivity contribution in [2.24, 2.45) is 5.92 Å². The summed E-state index contributed by atoms with van der Waals surface area (Å²) in [6, 6.07) is 1.99. The molecule has 1 aliphatic carbocycles. The predicted molar refractivity (Wildman–Crippen MR) is 83.9 cm³/mol. The molecule has 2 N–H and O–H groups in total. The van der Waals surface area contributed by atoms with Crippen LogP contribution in [-0.2, 0) is 0 Å². The van der Waals surface area contributed by atoms with Gasteiger partial charge in [0.15, 0.2) is 11.6 Å². The molecular weight excluding hydrogens is 301 g/mol. The Kier molecular flexibility index (Phi) is 4.77. The molecule has 0 radical (unpaired) electrons. The number of nitro groups is 1. The fourth-order valence-electron chi connectivity index (χ4n) is 3.92. The molecule has 23 heavy (non-hydrogen) atoms. The average molecular weight is 323 g/mol. The molecule has 0 amide bonds. The Labute approximate surface area is 134 Å². The summed E-state index contributed by atoms with van der Waals surface area (Å²) in [7, 11) is 0. The number of hydrogen-bond acceptors (Lipinski definition) is 5. The summed E-state index contributed by atoms with van der Waals surface area (Å²) in [5.41, 5.74) is 0.0685. The van der Waals surface area contributed by atoms with E-state index in [1.165, 1.54) is 6.07 Å². The number of halogens is 1. The number of nitro benzene ring substituents is 1. The number of piperazine rings is 1. The first-order valence-corrected chi connectivity index (χ1v) is 8.19. The Balaban J connectivity index is 2.02. The summed E-state index contributed by atoms with van der Waals surface area (Å²) in [5.74, 6) is -1.04. The lowest BCUT2D eigenvalue weighted by Crippen LogP contribution is -2.46. The first-order chi connectivity index (χ1) is 11.1. The largest absolute Gasteiger partial charge is 0.505 e. The van der Waals surface area contributed by atoms with E-state index in [4.69, 9.17) is 0 Å². The molecule has 0 unspecified atom stereocenters. The number of aromatic hydroxyl groups is 1. The first kappa shape index (κ1) is 16.1. The molecule has 1 heterocycles. The van der Waals surface area contributed by atoms with Crippen LogP contribution in [0.2, 0.25) is 0 Å². The van der Waals surface area contributed by atoms with Crippen molar-refractivity contribution in [2.75, 3.05) is 26.2 Å². The molecule has 7 heteroatoms. The van der Waals surface area contributed by atoms with Gasteiger partial charge in [-0.25, -0.2) is 4.39 Å². The molecule has 0 spiro atoms. The van der Waals surface area contributed by atoms with E-state index >= 15 is 0 Å². The Morgan fingerprint density at radius 2 is 1.96 bits per heavy atom. The second-order valence-corrected chi connectivity index (χ2v) is 6.40. The van der Waals surface area contributed by atoms with Crippen molar-refractivity contribution in [3.63, 3.8) is 0 Å². The molecule has 1 atom stereocenters. The summed E-state index contributed by atoms with van der Waals surface area (Å²) in [5, 5.41) is 24.6. The van der Waals surface area contributed by atoms with Crippen LogP contribution in [-0.4, -0.2) is 41.1 Å². The minimum atomic E-state index is -0.910. The van der Waals surface area contributed by atoms with E-state index in [0.717, 1.165) is 57.9 Å². The maximum absolute atomic E-state index is 14.0. The smallest absolute Gasteiger partial charge is 0.272 e. The number of phenolic OH excluding ortho intramolecular Hbond substituents is 1. The quantitative estimate of drug-likeness (QED) is 0.658. The normalized spacial score (nSPS) is 21.4. The number of benzene rings is 1. The van der Waals surface area contributed by atoms with E-state index in [1.54, 1.807) is 0 Å². The number of hydrogen-bond donors (Lipinski definition) is 2. The van der Waals surface area contributed by atoms with Crippen LogP contribution in [0.5, 0.6) is 5.75 Å². The van der Waals surface area contributed by atoms with Crippen molar-refractivity contribution in [1.82, 2.24) is 10.2 Å². The van der Waals surface area contributed by atoms with Crippen LogP contribution in [0.25, 0.3) is 0 Å². The summed E-state index contributed by atoms with van der Waals surface area (Å²) >= 11 is 0. The topological polar surface area (TPSA) is 78.6 Å². The second-order valence-electron chi connectivity index (χ2n) is 6.40. The number of non-ortho nitro benzene ring substituents is 1. The van der Waals surface area contributed by atoms with Crippen molar-refractivity contribution in [2.45, 2.75) is 31.7 Å².